The van der Waals surface area contributed by atoms with Crippen LogP contribution in [0.25, 0.3) is 0 Å². The zero-order chi connectivity index (χ0) is 21.9. The molecule has 0 aliphatic rings. The molecule has 0 radical (unpaired) electrons. The standard InChI is InChI=1S/C24H48N2O3Si/c1-5-6-7-8-9-10-11-12-13-14-19-25-20-17-23-18-21-26-24(23)16-15-22-30(27-2,28-3)29-4/h18,21,25-26H,5-17,19-20,22H2,1-4H3. The molecule has 6 heteroatoms. The molecule has 0 unspecified atom stereocenters. The van der Waals surface area contributed by atoms with E-state index in [1.165, 1.54) is 75.5 Å². The van der Waals surface area contributed by atoms with Crippen molar-refractivity contribution in [1.82, 2.24) is 10.3 Å². The minimum atomic E-state index is -2.46. The van der Waals surface area contributed by atoms with Crippen LogP contribution in [-0.4, -0.2) is 48.2 Å². The second-order valence-electron chi connectivity index (χ2n) is 8.31. The van der Waals surface area contributed by atoms with E-state index in [0.29, 0.717) is 0 Å². The Morgan fingerprint density at radius 2 is 1.37 bits per heavy atom. The van der Waals surface area contributed by atoms with Gasteiger partial charge in [0.05, 0.1) is 0 Å². The lowest BCUT2D eigenvalue weighted by Crippen LogP contribution is -2.42. The van der Waals surface area contributed by atoms with Gasteiger partial charge in [-0.15, -0.1) is 0 Å². The van der Waals surface area contributed by atoms with E-state index in [9.17, 15) is 0 Å². The molecule has 0 amide bonds. The summed E-state index contributed by atoms with van der Waals surface area (Å²) in [7, 11) is 2.59. The van der Waals surface area contributed by atoms with Crippen LogP contribution in [-0.2, 0) is 26.1 Å². The molecule has 5 nitrogen and oxygen atoms in total. The molecule has 176 valence electrons. The van der Waals surface area contributed by atoms with Gasteiger partial charge in [-0.05, 0) is 50.4 Å². The summed E-state index contributed by atoms with van der Waals surface area (Å²) in [4.78, 5) is 3.41. The van der Waals surface area contributed by atoms with Crippen molar-refractivity contribution in [1.29, 1.82) is 0 Å². The topological polar surface area (TPSA) is 55.5 Å². The predicted molar refractivity (Wildman–Crippen MR) is 129 cm³/mol. The van der Waals surface area contributed by atoms with Crippen LogP contribution in [0.5, 0.6) is 0 Å². The van der Waals surface area contributed by atoms with Gasteiger partial charge in [-0.2, -0.15) is 0 Å². The van der Waals surface area contributed by atoms with Gasteiger partial charge in [-0.3, -0.25) is 0 Å². The molecule has 1 rings (SSSR count). The summed E-state index contributed by atoms with van der Waals surface area (Å²) in [6, 6.07) is 3.05. The summed E-state index contributed by atoms with van der Waals surface area (Å²) in [6.45, 7) is 4.47. The first-order valence-corrected chi connectivity index (χ1v) is 14.2. The van der Waals surface area contributed by atoms with Gasteiger partial charge in [0.2, 0.25) is 0 Å². The molecular formula is C24H48N2O3Si. The normalized spacial score (nSPS) is 12.0. The highest BCUT2D eigenvalue weighted by Crippen LogP contribution is 2.18. The maximum atomic E-state index is 5.51. The van der Waals surface area contributed by atoms with E-state index in [1.54, 1.807) is 21.3 Å². The number of unbranched alkanes of at least 4 members (excludes halogenated alkanes) is 9. The third-order valence-corrected chi connectivity index (χ3v) is 8.88. The van der Waals surface area contributed by atoms with Crippen LogP contribution >= 0.6 is 0 Å². The number of H-pyrrole nitrogens is 1. The molecule has 0 aliphatic heterocycles. The highest BCUT2D eigenvalue weighted by molar-refractivity contribution is 6.60. The van der Waals surface area contributed by atoms with Gasteiger partial charge in [0, 0.05) is 39.3 Å². The molecule has 0 spiro atoms. The van der Waals surface area contributed by atoms with Crippen LogP contribution in [0, 0.1) is 0 Å². The number of aryl methyl sites for hydroxylation is 1. The number of hydrogen-bond donors (Lipinski definition) is 2. The molecule has 0 atom stereocenters. The second kappa shape index (κ2) is 18.0. The summed E-state index contributed by atoms with van der Waals surface area (Å²) in [6.07, 6.45) is 19.1. The fourth-order valence-corrected chi connectivity index (χ4v) is 5.75. The Labute approximate surface area is 187 Å². The van der Waals surface area contributed by atoms with Crippen molar-refractivity contribution in [2.75, 3.05) is 34.4 Å². The molecule has 0 saturated carbocycles. The third-order valence-electron chi connectivity index (χ3n) is 6.05. The maximum absolute atomic E-state index is 5.51. The van der Waals surface area contributed by atoms with Crippen molar-refractivity contribution in [2.45, 2.75) is 96.4 Å². The molecule has 0 fully saturated rings. The van der Waals surface area contributed by atoms with Crippen molar-refractivity contribution in [3.8, 4) is 0 Å². The number of aromatic amines is 1. The molecular weight excluding hydrogens is 392 g/mol. The quantitative estimate of drug-likeness (QED) is 0.185. The molecule has 2 N–H and O–H groups in total. The lowest BCUT2D eigenvalue weighted by atomic mass is 10.1. The SMILES string of the molecule is CCCCCCCCCCCCNCCc1cc[nH]c1CCC[Si](OC)(OC)OC. The van der Waals surface area contributed by atoms with Crippen molar-refractivity contribution >= 4 is 8.80 Å². The Bertz CT molecular complexity index is 498. The van der Waals surface area contributed by atoms with Gasteiger partial charge in [0.25, 0.3) is 0 Å². The Hall–Kier alpha value is -0.663. The van der Waals surface area contributed by atoms with Crippen molar-refractivity contribution in [3.05, 3.63) is 23.5 Å². The second-order valence-corrected chi connectivity index (χ2v) is 11.4. The number of aromatic nitrogens is 1. The van der Waals surface area contributed by atoms with Crippen LogP contribution in [0.15, 0.2) is 12.3 Å². The summed E-state index contributed by atoms with van der Waals surface area (Å²) in [5, 5.41) is 3.62. The molecule has 0 saturated heterocycles. The van der Waals surface area contributed by atoms with Gasteiger partial charge in [-0.1, -0.05) is 64.7 Å². The van der Waals surface area contributed by atoms with E-state index in [0.717, 1.165) is 38.4 Å². The highest BCUT2D eigenvalue weighted by atomic mass is 28.4. The minimum Gasteiger partial charge on any atom is -0.377 e. The predicted octanol–water partition coefficient (Wildman–Crippen LogP) is 5.88. The fourth-order valence-electron chi connectivity index (χ4n) is 4.03. The van der Waals surface area contributed by atoms with Crippen LogP contribution in [0.2, 0.25) is 6.04 Å². The van der Waals surface area contributed by atoms with Gasteiger partial charge in [-0.25, -0.2) is 0 Å². The first kappa shape index (κ1) is 27.4. The van der Waals surface area contributed by atoms with Crippen LogP contribution in [0.1, 0.15) is 88.8 Å². The third kappa shape index (κ3) is 11.7. The van der Waals surface area contributed by atoms with Crippen LogP contribution in [0.4, 0.5) is 0 Å². The van der Waals surface area contributed by atoms with Gasteiger partial charge in [0.15, 0.2) is 0 Å². The summed E-state index contributed by atoms with van der Waals surface area (Å²) in [5.74, 6) is 0. The van der Waals surface area contributed by atoms with Crippen LogP contribution in [0.3, 0.4) is 0 Å². The van der Waals surface area contributed by atoms with Crippen molar-refractivity contribution in [3.63, 3.8) is 0 Å². The molecule has 0 aromatic carbocycles. The van der Waals surface area contributed by atoms with E-state index in [-0.39, 0.29) is 0 Å². The Kier molecular flexibility index (Phi) is 16.4. The lowest BCUT2D eigenvalue weighted by Gasteiger charge is -2.24. The Morgan fingerprint density at radius 1 is 0.767 bits per heavy atom. The smallest absolute Gasteiger partial charge is 0.377 e. The summed E-state index contributed by atoms with van der Waals surface area (Å²) < 4.78 is 16.5. The van der Waals surface area contributed by atoms with Gasteiger partial charge in [0.1, 0.15) is 0 Å². The molecule has 1 aromatic heterocycles. The van der Waals surface area contributed by atoms with Crippen molar-refractivity contribution in [2.24, 2.45) is 0 Å². The summed E-state index contributed by atoms with van der Waals surface area (Å²) in [5.41, 5.74) is 2.76. The van der Waals surface area contributed by atoms with E-state index in [4.69, 9.17) is 13.3 Å². The number of nitrogens with one attached hydrogen (secondary N) is 2. The first-order chi connectivity index (χ1) is 14.7. The van der Waals surface area contributed by atoms with E-state index < -0.39 is 8.80 Å². The van der Waals surface area contributed by atoms with Gasteiger partial charge < -0.3 is 23.6 Å². The zero-order valence-electron chi connectivity index (χ0n) is 20.2. The lowest BCUT2D eigenvalue weighted by molar-refractivity contribution is 0.123. The molecule has 30 heavy (non-hydrogen) atoms. The average Bonchev–Trinajstić information content (AvgIpc) is 3.22. The molecule has 0 bridgehead atoms. The van der Waals surface area contributed by atoms with E-state index in [1.807, 2.05) is 0 Å². The Morgan fingerprint density at radius 3 is 1.97 bits per heavy atom. The van der Waals surface area contributed by atoms with Crippen molar-refractivity contribution < 1.29 is 13.3 Å². The van der Waals surface area contributed by atoms with E-state index in [2.05, 4.69) is 29.5 Å². The highest BCUT2D eigenvalue weighted by Gasteiger charge is 2.36. The Balaban J connectivity index is 2.05. The fraction of sp³-hybridized carbons (Fsp3) is 0.833. The molecule has 0 aliphatic carbocycles. The number of hydrogen-bond acceptors (Lipinski definition) is 4. The average molecular weight is 441 g/mol. The van der Waals surface area contributed by atoms with E-state index >= 15 is 0 Å². The molecule has 1 aromatic rings. The first-order valence-electron chi connectivity index (χ1n) is 12.2. The minimum absolute atomic E-state index is 0.839. The van der Waals surface area contributed by atoms with Crippen LogP contribution < -0.4 is 5.32 Å². The largest absolute Gasteiger partial charge is 0.500 e. The maximum Gasteiger partial charge on any atom is 0.500 e. The van der Waals surface area contributed by atoms with Gasteiger partial charge >= 0.3 is 8.80 Å². The molecule has 1 heterocycles. The summed E-state index contributed by atoms with van der Waals surface area (Å²) >= 11 is 0. The number of rotatable bonds is 21. The monoisotopic (exact) mass is 440 g/mol. The zero-order valence-corrected chi connectivity index (χ0v) is 21.2.